The highest BCUT2D eigenvalue weighted by Crippen LogP contribution is 2.44. The van der Waals surface area contributed by atoms with Crippen molar-refractivity contribution in [3.05, 3.63) is 83.1 Å². The summed E-state index contributed by atoms with van der Waals surface area (Å²) in [6, 6.07) is 17.0. The molecule has 0 amide bonds. The molecule has 0 radical (unpaired) electrons. The number of esters is 1. The third-order valence-electron chi connectivity index (χ3n) is 4.96. The van der Waals surface area contributed by atoms with Gasteiger partial charge in [-0.25, -0.2) is 4.68 Å². The lowest BCUT2D eigenvalue weighted by atomic mass is 9.77. The van der Waals surface area contributed by atoms with Crippen LogP contribution in [0.25, 0.3) is 0 Å². The van der Waals surface area contributed by atoms with Gasteiger partial charge in [0.15, 0.2) is 6.23 Å². The second-order valence-electron chi connectivity index (χ2n) is 6.52. The minimum atomic E-state index is -0.428. The summed E-state index contributed by atoms with van der Waals surface area (Å²) in [6.45, 7) is 0. The highest BCUT2D eigenvalue weighted by molar-refractivity contribution is 6.30. The fourth-order valence-electron chi connectivity index (χ4n) is 3.60. The van der Waals surface area contributed by atoms with Gasteiger partial charge in [0.1, 0.15) is 5.75 Å². The van der Waals surface area contributed by atoms with Crippen molar-refractivity contribution in [1.82, 2.24) is 9.78 Å². The Morgan fingerprint density at radius 3 is 2.44 bits per heavy atom. The Bertz CT molecular complexity index is 908. The Labute approximate surface area is 162 Å². The van der Waals surface area contributed by atoms with E-state index >= 15 is 0 Å². The molecule has 1 fully saturated rings. The zero-order chi connectivity index (χ0) is 18.8. The molecule has 1 aromatic heterocycles. The van der Waals surface area contributed by atoms with Gasteiger partial charge >= 0.3 is 5.97 Å². The summed E-state index contributed by atoms with van der Waals surface area (Å²) < 4.78 is 12.7. The maximum Gasteiger partial charge on any atom is 0.316 e. The number of cyclic esters (lactones) is 1. The molecule has 5 nitrogen and oxygen atoms in total. The molecular formula is C21H19ClN2O3. The number of halogens is 1. The smallest absolute Gasteiger partial charge is 0.316 e. The van der Waals surface area contributed by atoms with Crippen molar-refractivity contribution in [2.24, 2.45) is 0 Å². The van der Waals surface area contributed by atoms with E-state index in [4.69, 9.17) is 21.1 Å². The number of rotatable bonds is 4. The van der Waals surface area contributed by atoms with E-state index in [1.807, 2.05) is 48.7 Å². The van der Waals surface area contributed by atoms with Gasteiger partial charge in [-0.1, -0.05) is 35.9 Å². The summed E-state index contributed by atoms with van der Waals surface area (Å²) >= 11 is 6.02. The number of methoxy groups -OCH3 is 1. The van der Waals surface area contributed by atoms with E-state index in [1.165, 1.54) is 0 Å². The zero-order valence-corrected chi connectivity index (χ0v) is 15.5. The van der Waals surface area contributed by atoms with Crippen LogP contribution in [0.15, 0.2) is 67.0 Å². The number of benzene rings is 2. The van der Waals surface area contributed by atoms with E-state index in [1.54, 1.807) is 30.1 Å². The third-order valence-corrected chi connectivity index (χ3v) is 5.21. The Morgan fingerprint density at radius 2 is 1.81 bits per heavy atom. The van der Waals surface area contributed by atoms with Crippen molar-refractivity contribution in [3.63, 3.8) is 0 Å². The van der Waals surface area contributed by atoms with Crippen LogP contribution in [0, 0.1) is 0 Å². The van der Waals surface area contributed by atoms with Crippen molar-refractivity contribution in [3.8, 4) is 5.75 Å². The third kappa shape index (κ3) is 3.55. The van der Waals surface area contributed by atoms with Crippen molar-refractivity contribution in [2.75, 3.05) is 7.11 Å². The quantitative estimate of drug-likeness (QED) is 0.621. The fraction of sp³-hybridized carbons (Fsp3) is 0.238. The SMILES string of the molecule is COc1ccc([C@@H]2C[C@H](n3cccn3)OC(=O)[C@H]2c2ccc(Cl)cc2)cc1. The predicted molar refractivity (Wildman–Crippen MR) is 102 cm³/mol. The first kappa shape index (κ1) is 17.6. The normalized spacial score (nSPS) is 22.3. The Morgan fingerprint density at radius 1 is 1.11 bits per heavy atom. The van der Waals surface area contributed by atoms with Gasteiger partial charge in [0.05, 0.1) is 13.0 Å². The molecule has 0 spiro atoms. The average molecular weight is 383 g/mol. The summed E-state index contributed by atoms with van der Waals surface area (Å²) in [7, 11) is 1.64. The molecule has 0 saturated carbocycles. The number of hydrogen-bond acceptors (Lipinski definition) is 4. The topological polar surface area (TPSA) is 53.4 Å². The summed E-state index contributed by atoms with van der Waals surface area (Å²) in [4.78, 5) is 13.0. The summed E-state index contributed by atoms with van der Waals surface area (Å²) in [5.41, 5.74) is 1.95. The van der Waals surface area contributed by atoms with Crippen molar-refractivity contribution >= 4 is 17.6 Å². The van der Waals surface area contributed by atoms with Gasteiger partial charge < -0.3 is 9.47 Å². The molecule has 4 rings (SSSR count). The first-order valence-electron chi connectivity index (χ1n) is 8.75. The van der Waals surface area contributed by atoms with E-state index in [2.05, 4.69) is 5.10 Å². The first-order valence-corrected chi connectivity index (χ1v) is 9.12. The van der Waals surface area contributed by atoms with Crippen LogP contribution < -0.4 is 4.74 Å². The van der Waals surface area contributed by atoms with Crippen molar-refractivity contribution in [2.45, 2.75) is 24.5 Å². The minimum absolute atomic E-state index is 0.0486. The second kappa shape index (κ2) is 7.45. The van der Waals surface area contributed by atoms with E-state index < -0.39 is 12.1 Å². The van der Waals surface area contributed by atoms with Gasteiger partial charge in [-0.2, -0.15) is 5.10 Å². The van der Waals surface area contributed by atoms with Crippen LogP contribution in [-0.4, -0.2) is 22.9 Å². The lowest BCUT2D eigenvalue weighted by Crippen LogP contribution is -2.34. The van der Waals surface area contributed by atoms with E-state index in [-0.39, 0.29) is 11.9 Å². The van der Waals surface area contributed by atoms with Gasteiger partial charge in [-0.3, -0.25) is 4.79 Å². The highest BCUT2D eigenvalue weighted by atomic mass is 35.5. The maximum absolute atomic E-state index is 13.0. The highest BCUT2D eigenvalue weighted by Gasteiger charge is 2.41. The fourth-order valence-corrected chi connectivity index (χ4v) is 3.73. The van der Waals surface area contributed by atoms with Crippen LogP contribution in [-0.2, 0) is 9.53 Å². The van der Waals surface area contributed by atoms with Gasteiger partial charge in [0.25, 0.3) is 0 Å². The molecule has 3 aromatic rings. The monoisotopic (exact) mass is 382 g/mol. The molecule has 0 bridgehead atoms. The molecule has 1 aliphatic heterocycles. The molecule has 0 unspecified atom stereocenters. The molecule has 6 heteroatoms. The standard InChI is InChI=1S/C21H19ClN2O3/c1-26-17-9-5-14(6-10-17)18-13-19(24-12-2-11-23-24)27-21(25)20(18)15-3-7-16(22)8-4-15/h2-12,18-20H,13H2,1H3/t18-,19+,20-/m0/s1. The van der Waals surface area contributed by atoms with Crippen LogP contribution in [0.4, 0.5) is 0 Å². The molecule has 138 valence electrons. The molecule has 27 heavy (non-hydrogen) atoms. The zero-order valence-electron chi connectivity index (χ0n) is 14.8. The average Bonchev–Trinajstić information content (AvgIpc) is 3.23. The van der Waals surface area contributed by atoms with E-state index in [0.29, 0.717) is 11.4 Å². The van der Waals surface area contributed by atoms with Crippen molar-refractivity contribution < 1.29 is 14.3 Å². The van der Waals surface area contributed by atoms with E-state index in [9.17, 15) is 4.79 Å². The number of carbonyl (C=O) groups is 1. The van der Waals surface area contributed by atoms with Crippen molar-refractivity contribution in [1.29, 1.82) is 0 Å². The summed E-state index contributed by atoms with van der Waals surface area (Å²) in [5.74, 6) is 0.0729. The molecular weight excluding hydrogens is 364 g/mol. The Kier molecular flexibility index (Phi) is 4.86. The predicted octanol–water partition coefficient (Wildman–Crippen LogP) is 4.56. The van der Waals surface area contributed by atoms with E-state index in [0.717, 1.165) is 16.9 Å². The number of ether oxygens (including phenoxy) is 2. The van der Waals surface area contributed by atoms with Gasteiger partial charge in [-0.15, -0.1) is 0 Å². The molecule has 2 aromatic carbocycles. The van der Waals surface area contributed by atoms with Gasteiger partial charge in [0, 0.05) is 29.8 Å². The molecule has 1 aliphatic rings. The Balaban J connectivity index is 1.73. The minimum Gasteiger partial charge on any atom is -0.497 e. The number of carbonyl (C=O) groups excluding carboxylic acids is 1. The lowest BCUT2D eigenvalue weighted by Gasteiger charge is -2.35. The van der Waals surface area contributed by atoms with Crippen LogP contribution in [0.1, 0.15) is 35.6 Å². The molecule has 0 aliphatic carbocycles. The number of nitrogens with zero attached hydrogens (tertiary/aromatic N) is 2. The van der Waals surface area contributed by atoms with Crippen LogP contribution in [0.2, 0.25) is 5.02 Å². The maximum atomic E-state index is 13.0. The molecule has 3 atom stereocenters. The van der Waals surface area contributed by atoms with Crippen LogP contribution >= 0.6 is 11.6 Å². The lowest BCUT2D eigenvalue weighted by molar-refractivity contribution is -0.165. The Hall–Kier alpha value is -2.79. The summed E-state index contributed by atoms with van der Waals surface area (Å²) in [5, 5.41) is 4.88. The second-order valence-corrected chi connectivity index (χ2v) is 6.96. The molecule has 1 saturated heterocycles. The largest absolute Gasteiger partial charge is 0.497 e. The van der Waals surface area contributed by atoms with Crippen LogP contribution in [0.5, 0.6) is 5.75 Å². The van der Waals surface area contributed by atoms with Gasteiger partial charge in [-0.05, 0) is 41.5 Å². The molecule has 2 heterocycles. The molecule has 0 N–H and O–H groups in total. The van der Waals surface area contributed by atoms with Gasteiger partial charge in [0.2, 0.25) is 0 Å². The number of aromatic nitrogens is 2. The summed E-state index contributed by atoms with van der Waals surface area (Å²) in [6.07, 6.45) is 3.70. The first-order chi connectivity index (χ1) is 13.2. The number of hydrogen-bond donors (Lipinski definition) is 0. The van der Waals surface area contributed by atoms with Crippen LogP contribution in [0.3, 0.4) is 0 Å².